The van der Waals surface area contributed by atoms with Crippen LogP contribution in [-0.2, 0) is 0 Å². The fraction of sp³-hybridized carbons (Fsp3) is 0.545. The zero-order chi connectivity index (χ0) is 12.0. The Morgan fingerprint density at radius 2 is 2.25 bits per heavy atom. The van der Waals surface area contributed by atoms with Crippen molar-refractivity contribution in [1.29, 1.82) is 5.26 Å². The van der Waals surface area contributed by atoms with Gasteiger partial charge in [-0.3, -0.25) is 0 Å². The smallest absolute Gasteiger partial charge is 0.131 e. The van der Waals surface area contributed by atoms with Gasteiger partial charge in [0.15, 0.2) is 0 Å². The third kappa shape index (κ3) is 3.06. The van der Waals surface area contributed by atoms with Gasteiger partial charge in [0.25, 0.3) is 0 Å². The summed E-state index contributed by atoms with van der Waals surface area (Å²) in [5, 5.41) is 13.3. The zero-order valence-corrected chi connectivity index (χ0v) is 11.3. The lowest BCUT2D eigenvalue weighted by molar-refractivity contribution is 0.744. The highest BCUT2D eigenvalue weighted by Crippen LogP contribution is 2.41. The molecular weight excluding hydrogens is 238 g/mol. The van der Waals surface area contributed by atoms with Crippen molar-refractivity contribution in [1.82, 2.24) is 0 Å². The largest absolute Gasteiger partial charge is 0.396 e. The standard InChI is InChI=1S/C11H17N3S2/c1-3-4-5-6-14-11-10(15-2)9(13)8(7-12)16-11/h14H,3-6,13H2,1-2H3. The van der Waals surface area contributed by atoms with Gasteiger partial charge in [-0.1, -0.05) is 19.8 Å². The maximum absolute atomic E-state index is 8.90. The highest BCUT2D eigenvalue weighted by molar-refractivity contribution is 7.99. The minimum Gasteiger partial charge on any atom is -0.396 e. The molecule has 0 radical (unpaired) electrons. The molecule has 0 aliphatic rings. The van der Waals surface area contributed by atoms with E-state index in [9.17, 15) is 0 Å². The van der Waals surface area contributed by atoms with E-state index >= 15 is 0 Å². The van der Waals surface area contributed by atoms with Gasteiger partial charge in [0.1, 0.15) is 15.9 Å². The van der Waals surface area contributed by atoms with E-state index in [4.69, 9.17) is 11.0 Å². The minimum atomic E-state index is 0.613. The average Bonchev–Trinajstić information content (AvgIpc) is 2.60. The topological polar surface area (TPSA) is 61.8 Å². The molecule has 1 aromatic rings. The fourth-order valence-electron chi connectivity index (χ4n) is 1.41. The van der Waals surface area contributed by atoms with Crippen molar-refractivity contribution in [3.05, 3.63) is 4.88 Å². The Labute approximate surface area is 105 Å². The SMILES string of the molecule is CCCCCNc1sc(C#N)c(N)c1SC. The number of hydrogen-bond donors (Lipinski definition) is 2. The van der Waals surface area contributed by atoms with Crippen molar-refractivity contribution in [2.24, 2.45) is 0 Å². The number of hydrogen-bond acceptors (Lipinski definition) is 5. The van der Waals surface area contributed by atoms with E-state index in [2.05, 4.69) is 18.3 Å². The number of nitrogens with two attached hydrogens (primary N) is 1. The van der Waals surface area contributed by atoms with Crippen LogP contribution in [0.4, 0.5) is 10.7 Å². The van der Waals surface area contributed by atoms with Gasteiger partial charge in [-0.2, -0.15) is 5.26 Å². The number of unbranched alkanes of at least 4 members (excludes halogenated alkanes) is 2. The van der Waals surface area contributed by atoms with Crippen molar-refractivity contribution in [3.8, 4) is 6.07 Å². The van der Waals surface area contributed by atoms with Crippen LogP contribution in [0.3, 0.4) is 0 Å². The predicted octanol–water partition coefficient (Wildman–Crippen LogP) is 3.53. The molecule has 0 saturated carbocycles. The summed E-state index contributed by atoms with van der Waals surface area (Å²) in [7, 11) is 0. The van der Waals surface area contributed by atoms with Crippen molar-refractivity contribution in [2.75, 3.05) is 23.9 Å². The molecule has 0 amide bonds. The van der Waals surface area contributed by atoms with Gasteiger partial charge in [-0.15, -0.1) is 23.1 Å². The molecule has 0 unspecified atom stereocenters. The Morgan fingerprint density at radius 3 is 2.81 bits per heavy atom. The maximum atomic E-state index is 8.90. The van der Waals surface area contributed by atoms with E-state index in [1.165, 1.54) is 24.2 Å². The van der Waals surface area contributed by atoms with Crippen LogP contribution in [0.25, 0.3) is 0 Å². The molecule has 0 saturated heterocycles. The number of rotatable bonds is 6. The number of nitrogens with zero attached hydrogens (tertiary/aromatic N) is 1. The second kappa shape index (κ2) is 6.66. The second-order valence-corrected chi connectivity index (χ2v) is 5.29. The van der Waals surface area contributed by atoms with Gasteiger partial charge in [0.05, 0.1) is 10.6 Å². The predicted molar refractivity (Wildman–Crippen MR) is 73.2 cm³/mol. The summed E-state index contributed by atoms with van der Waals surface area (Å²) < 4.78 is 0. The Balaban J connectivity index is 2.68. The van der Waals surface area contributed by atoms with Crippen LogP contribution in [0.5, 0.6) is 0 Å². The van der Waals surface area contributed by atoms with Crippen LogP contribution in [0.1, 0.15) is 31.1 Å². The lowest BCUT2D eigenvalue weighted by atomic mass is 10.2. The number of nitrogen functional groups attached to an aromatic ring is 1. The minimum absolute atomic E-state index is 0.613. The summed E-state index contributed by atoms with van der Waals surface area (Å²) in [6, 6.07) is 2.13. The third-order valence-corrected chi connectivity index (χ3v) is 4.30. The van der Waals surface area contributed by atoms with Gasteiger partial charge >= 0.3 is 0 Å². The van der Waals surface area contributed by atoms with Gasteiger partial charge < -0.3 is 11.1 Å². The molecule has 5 heteroatoms. The van der Waals surface area contributed by atoms with E-state index in [1.54, 1.807) is 11.8 Å². The molecule has 88 valence electrons. The highest BCUT2D eigenvalue weighted by atomic mass is 32.2. The number of thiophene rings is 1. The van der Waals surface area contributed by atoms with Gasteiger partial charge in [-0.25, -0.2) is 0 Å². The van der Waals surface area contributed by atoms with Gasteiger partial charge in [0.2, 0.25) is 0 Å². The Morgan fingerprint density at radius 1 is 1.50 bits per heavy atom. The van der Waals surface area contributed by atoms with E-state index in [-0.39, 0.29) is 0 Å². The fourth-order valence-corrected chi connectivity index (χ4v) is 3.27. The molecule has 0 aliphatic heterocycles. The summed E-state index contributed by atoms with van der Waals surface area (Å²) in [6.45, 7) is 3.14. The first-order valence-electron chi connectivity index (χ1n) is 5.34. The quantitative estimate of drug-likeness (QED) is 0.603. The van der Waals surface area contributed by atoms with Crippen molar-refractivity contribution < 1.29 is 0 Å². The highest BCUT2D eigenvalue weighted by Gasteiger charge is 2.14. The van der Waals surface area contributed by atoms with Crippen LogP contribution in [0.15, 0.2) is 4.90 Å². The van der Waals surface area contributed by atoms with Crippen molar-refractivity contribution in [3.63, 3.8) is 0 Å². The van der Waals surface area contributed by atoms with Gasteiger partial charge in [0, 0.05) is 6.54 Å². The molecule has 3 N–H and O–H groups in total. The maximum Gasteiger partial charge on any atom is 0.131 e. The summed E-state index contributed by atoms with van der Waals surface area (Å²) in [5.74, 6) is 0. The third-order valence-electron chi connectivity index (χ3n) is 2.27. The summed E-state index contributed by atoms with van der Waals surface area (Å²) in [6.07, 6.45) is 5.58. The van der Waals surface area contributed by atoms with Crippen LogP contribution in [0, 0.1) is 11.3 Å². The molecule has 1 rings (SSSR count). The van der Waals surface area contributed by atoms with E-state index < -0.39 is 0 Å². The lowest BCUT2D eigenvalue weighted by Gasteiger charge is -2.05. The molecule has 0 aliphatic carbocycles. The summed E-state index contributed by atoms with van der Waals surface area (Å²) >= 11 is 3.04. The number of anilines is 2. The molecule has 0 bridgehead atoms. The normalized spacial score (nSPS) is 10.1. The van der Waals surface area contributed by atoms with Crippen LogP contribution < -0.4 is 11.1 Å². The van der Waals surface area contributed by atoms with E-state index in [1.807, 2.05) is 6.26 Å². The Hall–Kier alpha value is -0.860. The van der Waals surface area contributed by atoms with E-state index in [0.717, 1.165) is 22.9 Å². The molecule has 1 aromatic heterocycles. The zero-order valence-electron chi connectivity index (χ0n) is 9.67. The molecule has 16 heavy (non-hydrogen) atoms. The van der Waals surface area contributed by atoms with Crippen molar-refractivity contribution in [2.45, 2.75) is 31.1 Å². The number of thioether (sulfide) groups is 1. The number of nitriles is 1. The van der Waals surface area contributed by atoms with Crippen LogP contribution in [0.2, 0.25) is 0 Å². The molecule has 0 aromatic carbocycles. The molecule has 3 nitrogen and oxygen atoms in total. The lowest BCUT2D eigenvalue weighted by Crippen LogP contribution is -2.00. The van der Waals surface area contributed by atoms with Gasteiger partial charge in [-0.05, 0) is 12.7 Å². The second-order valence-electron chi connectivity index (χ2n) is 3.45. The van der Waals surface area contributed by atoms with E-state index in [0.29, 0.717) is 10.6 Å². The first-order chi connectivity index (χ1) is 7.74. The molecular formula is C11H17N3S2. The first kappa shape index (κ1) is 13.2. The molecule has 0 fully saturated rings. The Kier molecular flexibility index (Phi) is 5.50. The molecule has 0 atom stereocenters. The summed E-state index contributed by atoms with van der Waals surface area (Å²) in [4.78, 5) is 1.63. The molecule has 1 heterocycles. The first-order valence-corrected chi connectivity index (χ1v) is 7.38. The van der Waals surface area contributed by atoms with Crippen molar-refractivity contribution >= 4 is 33.8 Å². The molecule has 0 spiro atoms. The van der Waals surface area contributed by atoms with Crippen LogP contribution >= 0.6 is 23.1 Å². The Bertz CT molecular complexity index is 379. The average molecular weight is 255 g/mol. The summed E-state index contributed by atoms with van der Waals surface area (Å²) in [5.41, 5.74) is 6.51. The number of nitrogens with one attached hydrogen (secondary N) is 1. The van der Waals surface area contributed by atoms with Crippen LogP contribution in [-0.4, -0.2) is 12.8 Å². The monoisotopic (exact) mass is 255 g/mol.